The molecule has 0 aromatic heterocycles. The number of carbonyl (C=O) groups excluding carboxylic acids is 1. The van der Waals surface area contributed by atoms with Crippen molar-refractivity contribution in [2.75, 3.05) is 26.7 Å². The lowest BCUT2D eigenvalue weighted by molar-refractivity contribution is -0.131. The molecule has 1 aromatic rings. The molecule has 0 heterocycles. The average Bonchev–Trinajstić information content (AvgIpc) is 2.35. The number of likely N-dealkylation sites (N-methyl/N-ethyl adjacent to an activating group) is 2. The highest BCUT2D eigenvalue weighted by molar-refractivity contribution is 5.78. The normalized spacial score (nSPS) is 10.8. The summed E-state index contributed by atoms with van der Waals surface area (Å²) >= 11 is 0. The third-order valence-electron chi connectivity index (χ3n) is 3.47. The van der Waals surface area contributed by atoms with E-state index in [9.17, 15) is 4.79 Å². The van der Waals surface area contributed by atoms with Crippen LogP contribution in [0.15, 0.2) is 18.2 Å². The van der Waals surface area contributed by atoms with E-state index in [0.717, 1.165) is 19.6 Å². The molecule has 1 amide bonds. The molecule has 1 aromatic carbocycles. The molecular weight excluding hydrogens is 236 g/mol. The first kappa shape index (κ1) is 15.7. The highest BCUT2D eigenvalue weighted by atomic mass is 16.2. The van der Waals surface area contributed by atoms with Gasteiger partial charge in [0.05, 0.1) is 6.54 Å². The Kier molecular flexibility index (Phi) is 6.03. The quantitative estimate of drug-likeness (QED) is 0.787. The third-order valence-corrected chi connectivity index (χ3v) is 3.47. The monoisotopic (exact) mass is 262 g/mol. The van der Waals surface area contributed by atoms with Gasteiger partial charge in [0.15, 0.2) is 0 Å². The van der Waals surface area contributed by atoms with E-state index in [1.54, 1.807) is 0 Å². The van der Waals surface area contributed by atoms with E-state index in [-0.39, 0.29) is 5.91 Å². The average molecular weight is 262 g/mol. The minimum Gasteiger partial charge on any atom is -0.342 e. The summed E-state index contributed by atoms with van der Waals surface area (Å²) in [6, 6.07) is 6.47. The van der Waals surface area contributed by atoms with Crippen LogP contribution < -0.4 is 0 Å². The molecule has 19 heavy (non-hydrogen) atoms. The summed E-state index contributed by atoms with van der Waals surface area (Å²) in [5.41, 5.74) is 3.85. The smallest absolute Gasteiger partial charge is 0.236 e. The maximum absolute atomic E-state index is 12.0. The molecule has 0 radical (unpaired) electrons. The van der Waals surface area contributed by atoms with E-state index >= 15 is 0 Å². The van der Waals surface area contributed by atoms with Crippen molar-refractivity contribution in [3.63, 3.8) is 0 Å². The van der Waals surface area contributed by atoms with Gasteiger partial charge in [-0.25, -0.2) is 0 Å². The second-order valence-corrected chi connectivity index (χ2v) is 5.17. The van der Waals surface area contributed by atoms with E-state index < -0.39 is 0 Å². The summed E-state index contributed by atoms with van der Waals surface area (Å²) in [5, 5.41) is 0. The molecule has 3 nitrogen and oxygen atoms in total. The Morgan fingerprint density at radius 3 is 2.37 bits per heavy atom. The van der Waals surface area contributed by atoms with Crippen molar-refractivity contribution in [3.05, 3.63) is 34.9 Å². The Balaban J connectivity index is 2.62. The van der Waals surface area contributed by atoms with E-state index in [4.69, 9.17) is 0 Å². The van der Waals surface area contributed by atoms with Gasteiger partial charge in [0, 0.05) is 19.6 Å². The molecule has 0 N–H and O–H groups in total. The number of aryl methyl sites for hydroxylation is 2. The summed E-state index contributed by atoms with van der Waals surface area (Å²) < 4.78 is 0. The van der Waals surface area contributed by atoms with Crippen LogP contribution in [0.2, 0.25) is 0 Å². The van der Waals surface area contributed by atoms with Crippen molar-refractivity contribution < 1.29 is 4.79 Å². The molecule has 0 bridgehead atoms. The molecule has 0 aliphatic heterocycles. The van der Waals surface area contributed by atoms with E-state index in [2.05, 4.69) is 36.9 Å². The van der Waals surface area contributed by atoms with Gasteiger partial charge in [0.2, 0.25) is 5.91 Å². The van der Waals surface area contributed by atoms with Crippen LogP contribution >= 0.6 is 0 Å². The zero-order valence-electron chi connectivity index (χ0n) is 12.9. The minimum absolute atomic E-state index is 0.206. The predicted molar refractivity (Wildman–Crippen MR) is 80.2 cm³/mol. The number of nitrogens with zero attached hydrogens (tertiary/aromatic N) is 2. The fraction of sp³-hybridized carbons (Fsp3) is 0.562. The van der Waals surface area contributed by atoms with Gasteiger partial charge >= 0.3 is 0 Å². The fourth-order valence-corrected chi connectivity index (χ4v) is 2.22. The lowest BCUT2D eigenvalue weighted by atomic mass is 10.1. The summed E-state index contributed by atoms with van der Waals surface area (Å²) in [5.74, 6) is 0.206. The van der Waals surface area contributed by atoms with Crippen molar-refractivity contribution in [1.29, 1.82) is 0 Å². The number of amides is 1. The summed E-state index contributed by atoms with van der Waals surface area (Å²) in [6.45, 7) is 11.1. The SMILES string of the molecule is CCN(CC)C(=O)CN(C)Cc1cc(C)ccc1C. The standard InChI is InChI=1S/C16H26N2O/c1-6-18(7-2)16(19)12-17(5)11-15-10-13(3)8-9-14(15)4/h8-10H,6-7,11-12H2,1-5H3. The Morgan fingerprint density at radius 2 is 1.79 bits per heavy atom. The summed E-state index contributed by atoms with van der Waals surface area (Å²) in [6.07, 6.45) is 0. The third kappa shape index (κ3) is 4.67. The zero-order valence-corrected chi connectivity index (χ0v) is 12.9. The van der Waals surface area contributed by atoms with Crippen LogP contribution in [0.3, 0.4) is 0 Å². The minimum atomic E-state index is 0.206. The van der Waals surface area contributed by atoms with Gasteiger partial charge in [-0.15, -0.1) is 0 Å². The second kappa shape index (κ2) is 7.29. The topological polar surface area (TPSA) is 23.6 Å². The molecule has 0 saturated carbocycles. The number of hydrogen-bond acceptors (Lipinski definition) is 2. The van der Waals surface area contributed by atoms with E-state index in [0.29, 0.717) is 6.54 Å². The Bertz CT molecular complexity index is 425. The molecule has 0 aliphatic rings. The van der Waals surface area contributed by atoms with Crippen molar-refractivity contribution >= 4 is 5.91 Å². The molecule has 0 atom stereocenters. The summed E-state index contributed by atoms with van der Waals surface area (Å²) in [4.78, 5) is 16.0. The Morgan fingerprint density at radius 1 is 1.16 bits per heavy atom. The maximum atomic E-state index is 12.0. The molecule has 0 fully saturated rings. The highest BCUT2D eigenvalue weighted by Crippen LogP contribution is 2.12. The van der Waals surface area contributed by atoms with E-state index in [1.807, 2.05) is 25.8 Å². The van der Waals surface area contributed by atoms with Gasteiger partial charge in [-0.2, -0.15) is 0 Å². The lowest BCUT2D eigenvalue weighted by Gasteiger charge is -2.23. The molecule has 3 heteroatoms. The van der Waals surface area contributed by atoms with Gasteiger partial charge in [0.25, 0.3) is 0 Å². The number of rotatable bonds is 6. The molecule has 1 rings (SSSR count). The van der Waals surface area contributed by atoms with Crippen LogP contribution in [0.5, 0.6) is 0 Å². The Hall–Kier alpha value is -1.35. The number of benzene rings is 1. The predicted octanol–water partition coefficient (Wildman–Crippen LogP) is 2.60. The number of hydrogen-bond donors (Lipinski definition) is 0. The van der Waals surface area contributed by atoms with Crippen LogP contribution in [0.4, 0.5) is 0 Å². The van der Waals surface area contributed by atoms with Gasteiger partial charge in [-0.1, -0.05) is 23.8 Å². The summed E-state index contributed by atoms with van der Waals surface area (Å²) in [7, 11) is 2.00. The Labute approximate surface area is 117 Å². The van der Waals surface area contributed by atoms with Gasteiger partial charge in [-0.05, 0) is 45.9 Å². The van der Waals surface area contributed by atoms with Crippen LogP contribution in [0.25, 0.3) is 0 Å². The molecule has 106 valence electrons. The largest absolute Gasteiger partial charge is 0.342 e. The number of carbonyl (C=O) groups is 1. The van der Waals surface area contributed by atoms with Crippen LogP contribution in [0, 0.1) is 13.8 Å². The van der Waals surface area contributed by atoms with Crippen molar-refractivity contribution in [2.24, 2.45) is 0 Å². The van der Waals surface area contributed by atoms with Crippen LogP contribution in [-0.2, 0) is 11.3 Å². The first-order chi connectivity index (χ1) is 8.97. The van der Waals surface area contributed by atoms with Gasteiger partial charge < -0.3 is 4.90 Å². The lowest BCUT2D eigenvalue weighted by Crippen LogP contribution is -2.38. The molecular formula is C16H26N2O. The van der Waals surface area contributed by atoms with Crippen molar-refractivity contribution in [2.45, 2.75) is 34.2 Å². The van der Waals surface area contributed by atoms with Crippen molar-refractivity contribution in [1.82, 2.24) is 9.80 Å². The zero-order chi connectivity index (χ0) is 14.4. The van der Waals surface area contributed by atoms with Crippen LogP contribution in [-0.4, -0.2) is 42.4 Å². The van der Waals surface area contributed by atoms with Crippen LogP contribution in [0.1, 0.15) is 30.5 Å². The van der Waals surface area contributed by atoms with Crippen molar-refractivity contribution in [3.8, 4) is 0 Å². The highest BCUT2D eigenvalue weighted by Gasteiger charge is 2.13. The molecule has 0 aliphatic carbocycles. The first-order valence-corrected chi connectivity index (χ1v) is 7.00. The maximum Gasteiger partial charge on any atom is 0.236 e. The molecule has 0 unspecified atom stereocenters. The van der Waals surface area contributed by atoms with E-state index in [1.165, 1.54) is 16.7 Å². The molecule has 0 saturated heterocycles. The molecule has 0 spiro atoms. The first-order valence-electron chi connectivity index (χ1n) is 7.00. The van der Waals surface area contributed by atoms with Gasteiger partial charge in [-0.3, -0.25) is 9.69 Å². The second-order valence-electron chi connectivity index (χ2n) is 5.17. The van der Waals surface area contributed by atoms with Gasteiger partial charge in [0.1, 0.15) is 0 Å². The fourth-order valence-electron chi connectivity index (χ4n) is 2.22.